The summed E-state index contributed by atoms with van der Waals surface area (Å²) in [6, 6.07) is 8.55. The van der Waals surface area contributed by atoms with Gasteiger partial charge in [0.25, 0.3) is 0 Å². The molecule has 1 aliphatic rings. The van der Waals surface area contributed by atoms with Gasteiger partial charge in [-0.15, -0.1) is 0 Å². The average Bonchev–Trinajstić information content (AvgIpc) is 3.02. The highest BCUT2D eigenvalue weighted by atomic mass is 32.2. The summed E-state index contributed by atoms with van der Waals surface area (Å²) in [6.07, 6.45) is 2.66. The van der Waals surface area contributed by atoms with Crippen molar-refractivity contribution in [3.8, 4) is 0 Å². The highest BCUT2D eigenvalue weighted by Crippen LogP contribution is 2.38. The molecule has 0 radical (unpaired) electrons. The first kappa shape index (κ1) is 14.0. The Hall–Kier alpha value is -0.930. The van der Waals surface area contributed by atoms with Crippen LogP contribution in [0.25, 0.3) is 11.0 Å². The van der Waals surface area contributed by atoms with E-state index in [0.717, 1.165) is 17.9 Å². The predicted molar refractivity (Wildman–Crippen MR) is 87.5 cm³/mol. The van der Waals surface area contributed by atoms with Gasteiger partial charge in [-0.3, -0.25) is 0 Å². The highest BCUT2D eigenvalue weighted by molar-refractivity contribution is 8.00. The van der Waals surface area contributed by atoms with Gasteiger partial charge in [0.15, 0.2) is 0 Å². The molecule has 0 saturated carbocycles. The number of nitrogens with one attached hydrogen (secondary N) is 1. The first-order valence-corrected chi connectivity index (χ1v) is 8.43. The Bertz CT molecular complexity index is 598. The van der Waals surface area contributed by atoms with Crippen molar-refractivity contribution in [2.75, 3.05) is 12.3 Å². The maximum atomic E-state index is 6.04. The van der Waals surface area contributed by atoms with E-state index in [1.54, 1.807) is 0 Å². The van der Waals surface area contributed by atoms with E-state index in [0.29, 0.717) is 4.75 Å². The Morgan fingerprint density at radius 3 is 2.90 bits per heavy atom. The zero-order valence-corrected chi connectivity index (χ0v) is 13.3. The van der Waals surface area contributed by atoms with Crippen molar-refractivity contribution in [2.45, 2.75) is 44.4 Å². The number of rotatable bonds is 4. The quantitative estimate of drug-likeness (QED) is 0.885. The predicted octanol–water partition coefficient (Wildman–Crippen LogP) is 4.68. The summed E-state index contributed by atoms with van der Waals surface area (Å²) >= 11 is 2.10. The molecule has 2 heterocycles. The molecule has 2 nitrogen and oxygen atoms in total. The van der Waals surface area contributed by atoms with Gasteiger partial charge in [0.1, 0.15) is 11.3 Å². The summed E-state index contributed by atoms with van der Waals surface area (Å²) in [4.78, 5) is 0. The Balaban J connectivity index is 1.75. The molecule has 1 aliphatic heterocycles. The molecule has 3 rings (SSSR count). The summed E-state index contributed by atoms with van der Waals surface area (Å²) in [7, 11) is 0. The van der Waals surface area contributed by atoms with Crippen LogP contribution in [0.5, 0.6) is 0 Å². The van der Waals surface area contributed by atoms with Crippen LogP contribution in [-0.4, -0.2) is 17.0 Å². The number of thioether (sulfide) groups is 1. The van der Waals surface area contributed by atoms with Crippen LogP contribution in [0.2, 0.25) is 0 Å². The van der Waals surface area contributed by atoms with Crippen LogP contribution in [0.1, 0.15) is 44.1 Å². The largest absolute Gasteiger partial charge is 0.459 e. The summed E-state index contributed by atoms with van der Waals surface area (Å²) < 4.78 is 6.44. The zero-order valence-electron chi connectivity index (χ0n) is 12.5. The first-order chi connectivity index (χ1) is 9.59. The van der Waals surface area contributed by atoms with Gasteiger partial charge >= 0.3 is 0 Å². The van der Waals surface area contributed by atoms with E-state index < -0.39 is 0 Å². The Morgan fingerprint density at radius 2 is 2.20 bits per heavy atom. The number of furan rings is 1. The number of benzene rings is 1. The maximum absolute atomic E-state index is 6.04. The third-order valence-corrected chi connectivity index (χ3v) is 5.89. The molecule has 108 valence electrons. The molecule has 20 heavy (non-hydrogen) atoms. The highest BCUT2D eigenvalue weighted by Gasteiger charge is 2.30. The Kier molecular flexibility index (Phi) is 3.83. The number of aryl methyl sites for hydroxylation is 1. The van der Waals surface area contributed by atoms with Gasteiger partial charge in [-0.25, -0.2) is 0 Å². The second kappa shape index (κ2) is 5.45. The van der Waals surface area contributed by atoms with Crippen molar-refractivity contribution in [2.24, 2.45) is 0 Å². The SMILES string of the molecule is Cc1c(C(C)NCC2(C)CCCS2)oc2ccccc12. The average molecular weight is 289 g/mol. The van der Waals surface area contributed by atoms with Crippen molar-refractivity contribution < 1.29 is 4.42 Å². The molecule has 2 unspecified atom stereocenters. The standard InChI is InChI=1S/C17H23NOS/c1-12-14-7-4-5-8-15(14)19-16(12)13(2)18-11-17(3)9-6-10-20-17/h4-5,7-8,13,18H,6,9-11H2,1-3H3. The number of fused-ring (bicyclic) bond motifs is 1. The molecule has 1 saturated heterocycles. The summed E-state index contributed by atoms with van der Waals surface area (Å²) in [5.74, 6) is 2.38. The minimum absolute atomic E-state index is 0.264. The van der Waals surface area contributed by atoms with Crippen molar-refractivity contribution in [1.29, 1.82) is 0 Å². The van der Waals surface area contributed by atoms with Crippen LogP contribution in [0.15, 0.2) is 28.7 Å². The number of hydrogen-bond acceptors (Lipinski definition) is 3. The molecular weight excluding hydrogens is 266 g/mol. The first-order valence-electron chi connectivity index (χ1n) is 7.44. The molecule has 0 spiro atoms. The van der Waals surface area contributed by atoms with Crippen LogP contribution in [0.3, 0.4) is 0 Å². The van der Waals surface area contributed by atoms with Crippen molar-refractivity contribution in [3.05, 3.63) is 35.6 Å². The van der Waals surface area contributed by atoms with E-state index in [2.05, 4.69) is 50.0 Å². The van der Waals surface area contributed by atoms with E-state index in [9.17, 15) is 0 Å². The monoisotopic (exact) mass is 289 g/mol. The molecule has 2 atom stereocenters. The van der Waals surface area contributed by atoms with E-state index in [4.69, 9.17) is 4.42 Å². The molecule has 2 aromatic rings. The second-order valence-corrected chi connectivity index (χ2v) is 7.77. The molecule has 3 heteroatoms. The smallest absolute Gasteiger partial charge is 0.134 e. The van der Waals surface area contributed by atoms with Crippen molar-refractivity contribution in [1.82, 2.24) is 5.32 Å². The van der Waals surface area contributed by atoms with Crippen molar-refractivity contribution in [3.63, 3.8) is 0 Å². The van der Waals surface area contributed by atoms with E-state index in [1.807, 2.05) is 12.1 Å². The zero-order chi connectivity index (χ0) is 14.2. The summed E-state index contributed by atoms with van der Waals surface area (Å²) in [5.41, 5.74) is 2.26. The van der Waals surface area contributed by atoms with Gasteiger partial charge in [-0.05, 0) is 51.0 Å². The molecule has 1 fully saturated rings. The van der Waals surface area contributed by atoms with Gasteiger partial charge in [0, 0.05) is 16.7 Å². The minimum Gasteiger partial charge on any atom is -0.459 e. The van der Waals surface area contributed by atoms with Crippen LogP contribution >= 0.6 is 11.8 Å². The molecule has 0 amide bonds. The molecule has 1 N–H and O–H groups in total. The Morgan fingerprint density at radius 1 is 1.40 bits per heavy atom. The molecule has 1 aromatic carbocycles. The fraction of sp³-hybridized carbons (Fsp3) is 0.529. The minimum atomic E-state index is 0.264. The molecule has 1 aromatic heterocycles. The molecule has 0 bridgehead atoms. The third-order valence-electron chi connectivity index (χ3n) is 4.36. The van der Waals surface area contributed by atoms with E-state index in [1.165, 1.54) is 29.5 Å². The Labute approximate surface area is 125 Å². The van der Waals surface area contributed by atoms with Gasteiger partial charge in [0.05, 0.1) is 6.04 Å². The van der Waals surface area contributed by atoms with Crippen LogP contribution in [0.4, 0.5) is 0 Å². The lowest BCUT2D eigenvalue weighted by molar-refractivity contribution is 0.424. The lowest BCUT2D eigenvalue weighted by Gasteiger charge is -2.25. The fourth-order valence-electron chi connectivity index (χ4n) is 3.04. The fourth-order valence-corrected chi connectivity index (χ4v) is 4.30. The van der Waals surface area contributed by atoms with Crippen LogP contribution in [-0.2, 0) is 0 Å². The second-order valence-electron chi connectivity index (χ2n) is 6.09. The van der Waals surface area contributed by atoms with Crippen molar-refractivity contribution >= 4 is 22.7 Å². The topological polar surface area (TPSA) is 25.2 Å². The van der Waals surface area contributed by atoms with Crippen LogP contribution in [0, 0.1) is 6.92 Å². The summed E-state index contributed by atoms with van der Waals surface area (Å²) in [5, 5.41) is 4.90. The number of hydrogen-bond donors (Lipinski definition) is 1. The lowest BCUT2D eigenvalue weighted by Crippen LogP contribution is -2.34. The van der Waals surface area contributed by atoms with E-state index >= 15 is 0 Å². The molecule has 0 aliphatic carbocycles. The lowest BCUT2D eigenvalue weighted by atomic mass is 10.0. The normalized spacial score (nSPS) is 24.4. The summed E-state index contributed by atoms with van der Waals surface area (Å²) in [6.45, 7) is 7.78. The van der Waals surface area contributed by atoms with Gasteiger partial charge in [-0.2, -0.15) is 11.8 Å². The van der Waals surface area contributed by atoms with E-state index in [-0.39, 0.29) is 6.04 Å². The molecular formula is C17H23NOS. The maximum Gasteiger partial charge on any atom is 0.134 e. The van der Waals surface area contributed by atoms with Gasteiger partial charge < -0.3 is 9.73 Å². The van der Waals surface area contributed by atoms with Gasteiger partial charge in [0.2, 0.25) is 0 Å². The van der Waals surface area contributed by atoms with Crippen LogP contribution < -0.4 is 5.32 Å². The van der Waals surface area contributed by atoms with Gasteiger partial charge in [-0.1, -0.05) is 18.2 Å². The number of para-hydroxylation sites is 1. The third kappa shape index (κ3) is 2.61.